The summed E-state index contributed by atoms with van der Waals surface area (Å²) in [6, 6.07) is 4.89. The molecule has 84 valence electrons. The standard InChI is InChI=1S/C13H20FN/c1-4-10(5-2)13(15)12-7-6-11(14)8-9(12)3/h6-8,10,13H,4-5,15H2,1-3H3. The number of aryl methyl sites for hydroxylation is 1. The molecular weight excluding hydrogens is 189 g/mol. The van der Waals surface area contributed by atoms with Crippen molar-refractivity contribution in [3.05, 3.63) is 35.1 Å². The molecule has 15 heavy (non-hydrogen) atoms. The van der Waals surface area contributed by atoms with Gasteiger partial charge in [0.05, 0.1) is 0 Å². The van der Waals surface area contributed by atoms with Gasteiger partial charge in [-0.1, -0.05) is 32.8 Å². The summed E-state index contributed by atoms with van der Waals surface area (Å²) >= 11 is 0. The van der Waals surface area contributed by atoms with Gasteiger partial charge in [0.25, 0.3) is 0 Å². The van der Waals surface area contributed by atoms with Gasteiger partial charge in [0.15, 0.2) is 0 Å². The zero-order valence-corrected chi connectivity index (χ0v) is 9.76. The van der Waals surface area contributed by atoms with Gasteiger partial charge in [0.1, 0.15) is 5.82 Å². The van der Waals surface area contributed by atoms with Crippen LogP contribution in [-0.2, 0) is 0 Å². The molecule has 0 heterocycles. The van der Waals surface area contributed by atoms with Crippen LogP contribution in [0.5, 0.6) is 0 Å². The molecule has 2 N–H and O–H groups in total. The Bertz CT molecular complexity index is 318. The second-order valence-electron chi connectivity index (χ2n) is 4.10. The van der Waals surface area contributed by atoms with Crippen LogP contribution in [0.3, 0.4) is 0 Å². The van der Waals surface area contributed by atoms with Crippen LogP contribution in [0.2, 0.25) is 0 Å². The van der Waals surface area contributed by atoms with Gasteiger partial charge in [-0.05, 0) is 36.1 Å². The van der Waals surface area contributed by atoms with Crippen LogP contribution in [0, 0.1) is 18.7 Å². The highest BCUT2D eigenvalue weighted by Gasteiger charge is 2.17. The molecular formula is C13H20FN. The fourth-order valence-corrected chi connectivity index (χ4v) is 2.06. The molecule has 0 saturated heterocycles. The van der Waals surface area contributed by atoms with E-state index in [1.54, 1.807) is 6.07 Å². The molecule has 0 radical (unpaired) electrons. The molecule has 0 saturated carbocycles. The highest BCUT2D eigenvalue weighted by atomic mass is 19.1. The number of hydrogen-bond acceptors (Lipinski definition) is 1. The molecule has 0 spiro atoms. The molecule has 2 heteroatoms. The third-order valence-corrected chi connectivity index (χ3v) is 3.15. The highest BCUT2D eigenvalue weighted by molar-refractivity contribution is 5.29. The normalized spacial score (nSPS) is 13.2. The third-order valence-electron chi connectivity index (χ3n) is 3.15. The van der Waals surface area contributed by atoms with Crippen LogP contribution in [0.1, 0.15) is 43.9 Å². The largest absolute Gasteiger partial charge is 0.324 e. The average molecular weight is 209 g/mol. The molecule has 0 aliphatic carbocycles. The van der Waals surface area contributed by atoms with E-state index in [4.69, 9.17) is 5.73 Å². The Morgan fingerprint density at radius 3 is 2.33 bits per heavy atom. The minimum absolute atomic E-state index is 0.0283. The average Bonchev–Trinajstić information content (AvgIpc) is 2.19. The number of hydrogen-bond donors (Lipinski definition) is 1. The minimum atomic E-state index is -0.187. The van der Waals surface area contributed by atoms with E-state index in [0.717, 1.165) is 24.0 Å². The van der Waals surface area contributed by atoms with Crippen LogP contribution in [0.15, 0.2) is 18.2 Å². The molecule has 0 aromatic heterocycles. The Hall–Kier alpha value is -0.890. The zero-order chi connectivity index (χ0) is 11.4. The molecule has 0 aliphatic heterocycles. The van der Waals surface area contributed by atoms with Crippen molar-refractivity contribution in [2.75, 3.05) is 0 Å². The summed E-state index contributed by atoms with van der Waals surface area (Å²) in [5.74, 6) is 0.294. The Kier molecular flexibility index (Phi) is 4.28. The number of benzene rings is 1. The van der Waals surface area contributed by atoms with Gasteiger partial charge in [-0.15, -0.1) is 0 Å². The SMILES string of the molecule is CCC(CC)C(N)c1ccc(F)cc1C. The van der Waals surface area contributed by atoms with Crippen molar-refractivity contribution in [1.29, 1.82) is 0 Å². The van der Waals surface area contributed by atoms with Gasteiger partial charge in [0.2, 0.25) is 0 Å². The van der Waals surface area contributed by atoms with E-state index < -0.39 is 0 Å². The van der Waals surface area contributed by atoms with Gasteiger partial charge in [-0.25, -0.2) is 4.39 Å². The lowest BCUT2D eigenvalue weighted by Gasteiger charge is -2.23. The number of nitrogens with two attached hydrogens (primary N) is 1. The first-order valence-corrected chi connectivity index (χ1v) is 5.61. The van der Waals surface area contributed by atoms with Crippen LogP contribution in [0.4, 0.5) is 4.39 Å². The maximum absolute atomic E-state index is 12.9. The maximum atomic E-state index is 12.9. The lowest BCUT2D eigenvalue weighted by atomic mass is 9.87. The second-order valence-corrected chi connectivity index (χ2v) is 4.10. The Morgan fingerprint density at radius 2 is 1.87 bits per heavy atom. The number of rotatable bonds is 4. The third kappa shape index (κ3) is 2.78. The first-order valence-electron chi connectivity index (χ1n) is 5.61. The molecule has 1 aromatic rings. The van der Waals surface area contributed by atoms with E-state index in [1.807, 2.05) is 13.0 Å². The van der Waals surface area contributed by atoms with Crippen molar-refractivity contribution in [2.24, 2.45) is 11.7 Å². The Morgan fingerprint density at radius 1 is 1.27 bits per heavy atom. The van der Waals surface area contributed by atoms with E-state index in [1.165, 1.54) is 6.07 Å². The maximum Gasteiger partial charge on any atom is 0.123 e. The fraction of sp³-hybridized carbons (Fsp3) is 0.538. The van der Waals surface area contributed by atoms with Crippen molar-refractivity contribution in [3.8, 4) is 0 Å². The molecule has 0 bridgehead atoms. The summed E-state index contributed by atoms with van der Waals surface area (Å²) in [6.07, 6.45) is 2.13. The molecule has 0 amide bonds. The number of halogens is 1. The monoisotopic (exact) mass is 209 g/mol. The molecule has 1 aromatic carbocycles. The summed E-state index contributed by atoms with van der Waals surface area (Å²) in [5.41, 5.74) is 8.22. The summed E-state index contributed by atoms with van der Waals surface area (Å²) in [6.45, 7) is 6.21. The quantitative estimate of drug-likeness (QED) is 0.806. The Balaban J connectivity index is 2.94. The van der Waals surface area contributed by atoms with Gasteiger partial charge < -0.3 is 5.73 Å². The molecule has 0 fully saturated rings. The van der Waals surface area contributed by atoms with E-state index >= 15 is 0 Å². The first kappa shape index (κ1) is 12.2. The van der Waals surface area contributed by atoms with E-state index in [-0.39, 0.29) is 11.9 Å². The summed E-state index contributed by atoms with van der Waals surface area (Å²) < 4.78 is 12.9. The molecule has 1 rings (SSSR count). The van der Waals surface area contributed by atoms with Crippen LogP contribution in [-0.4, -0.2) is 0 Å². The fourth-order valence-electron chi connectivity index (χ4n) is 2.06. The Labute approximate surface area is 91.5 Å². The topological polar surface area (TPSA) is 26.0 Å². The van der Waals surface area contributed by atoms with Crippen molar-refractivity contribution in [2.45, 2.75) is 39.7 Å². The van der Waals surface area contributed by atoms with E-state index in [9.17, 15) is 4.39 Å². The van der Waals surface area contributed by atoms with Crippen molar-refractivity contribution >= 4 is 0 Å². The smallest absolute Gasteiger partial charge is 0.123 e. The molecule has 1 atom stereocenters. The zero-order valence-electron chi connectivity index (χ0n) is 9.76. The van der Waals surface area contributed by atoms with Crippen molar-refractivity contribution in [1.82, 2.24) is 0 Å². The lowest BCUT2D eigenvalue weighted by Crippen LogP contribution is -2.21. The summed E-state index contributed by atoms with van der Waals surface area (Å²) in [7, 11) is 0. The second kappa shape index (κ2) is 5.26. The van der Waals surface area contributed by atoms with Crippen LogP contribution in [0.25, 0.3) is 0 Å². The molecule has 1 nitrogen and oxygen atoms in total. The molecule has 1 unspecified atom stereocenters. The highest BCUT2D eigenvalue weighted by Crippen LogP contribution is 2.27. The van der Waals surface area contributed by atoms with Gasteiger partial charge >= 0.3 is 0 Å². The van der Waals surface area contributed by atoms with Gasteiger partial charge in [0, 0.05) is 6.04 Å². The molecule has 0 aliphatic rings. The van der Waals surface area contributed by atoms with Crippen molar-refractivity contribution < 1.29 is 4.39 Å². The van der Waals surface area contributed by atoms with Crippen molar-refractivity contribution in [3.63, 3.8) is 0 Å². The van der Waals surface area contributed by atoms with E-state index in [2.05, 4.69) is 13.8 Å². The lowest BCUT2D eigenvalue weighted by molar-refractivity contribution is 0.404. The predicted molar refractivity (Wildman–Crippen MR) is 62.1 cm³/mol. The van der Waals surface area contributed by atoms with Crippen LogP contribution >= 0.6 is 0 Å². The summed E-state index contributed by atoms with van der Waals surface area (Å²) in [4.78, 5) is 0. The van der Waals surface area contributed by atoms with Gasteiger partial charge in [-0.2, -0.15) is 0 Å². The first-order chi connectivity index (χ1) is 7.10. The predicted octanol–water partition coefficient (Wildman–Crippen LogP) is 3.57. The van der Waals surface area contributed by atoms with Crippen LogP contribution < -0.4 is 5.73 Å². The van der Waals surface area contributed by atoms with E-state index in [0.29, 0.717) is 5.92 Å². The minimum Gasteiger partial charge on any atom is -0.324 e. The summed E-state index contributed by atoms with van der Waals surface area (Å²) in [5, 5.41) is 0. The van der Waals surface area contributed by atoms with Gasteiger partial charge in [-0.3, -0.25) is 0 Å².